The molecular weight excluding hydrogens is 398 g/mol. The third kappa shape index (κ3) is 4.63. The Labute approximate surface area is 180 Å². The molecule has 162 valence electrons. The summed E-state index contributed by atoms with van der Waals surface area (Å²) >= 11 is 0. The van der Waals surface area contributed by atoms with Crippen LogP contribution in [-0.4, -0.2) is 66.0 Å². The molecule has 31 heavy (non-hydrogen) atoms. The maximum Gasteiger partial charge on any atom is 0.325 e. The Morgan fingerprint density at radius 3 is 2.10 bits per heavy atom. The standard InChI is InChI=1S/C23H25N3O5/c27-20(17-31-19-9-5-2-6-10-19)25-13-11-23(12-14-25)21(28)26(22(29)24-23)15-16-30-18-7-3-1-4-8-18/h1-10H,11-17H2,(H,24,29). The number of ether oxygens (including phenoxy) is 2. The van der Waals surface area contributed by atoms with E-state index in [9.17, 15) is 14.4 Å². The van der Waals surface area contributed by atoms with Crippen LogP contribution in [0.1, 0.15) is 12.8 Å². The molecule has 0 aliphatic carbocycles. The smallest absolute Gasteiger partial charge is 0.325 e. The first-order valence-electron chi connectivity index (χ1n) is 10.3. The highest BCUT2D eigenvalue weighted by Crippen LogP contribution is 2.29. The summed E-state index contributed by atoms with van der Waals surface area (Å²) < 4.78 is 11.1. The van der Waals surface area contributed by atoms with E-state index in [-0.39, 0.29) is 31.6 Å². The molecule has 8 heteroatoms. The van der Waals surface area contributed by atoms with E-state index < -0.39 is 11.6 Å². The molecule has 2 heterocycles. The van der Waals surface area contributed by atoms with E-state index in [2.05, 4.69) is 5.32 Å². The predicted molar refractivity (Wildman–Crippen MR) is 113 cm³/mol. The SMILES string of the molecule is O=C(COc1ccccc1)N1CCC2(CC1)NC(=O)N(CCOc1ccccc1)C2=O. The van der Waals surface area contributed by atoms with E-state index >= 15 is 0 Å². The molecule has 2 aromatic rings. The first-order chi connectivity index (χ1) is 15.1. The van der Waals surface area contributed by atoms with Gasteiger partial charge in [0, 0.05) is 13.1 Å². The lowest BCUT2D eigenvalue weighted by atomic mass is 9.87. The number of carbonyl (C=O) groups excluding carboxylic acids is 3. The zero-order valence-corrected chi connectivity index (χ0v) is 17.2. The Morgan fingerprint density at radius 1 is 0.903 bits per heavy atom. The van der Waals surface area contributed by atoms with Gasteiger partial charge in [0.05, 0.1) is 6.54 Å². The van der Waals surface area contributed by atoms with E-state index in [4.69, 9.17) is 9.47 Å². The number of benzene rings is 2. The molecule has 2 fully saturated rings. The fourth-order valence-electron chi connectivity index (χ4n) is 3.88. The second-order valence-electron chi connectivity index (χ2n) is 7.61. The number of nitrogens with one attached hydrogen (secondary N) is 1. The summed E-state index contributed by atoms with van der Waals surface area (Å²) in [6, 6.07) is 18.0. The number of piperidine rings is 1. The van der Waals surface area contributed by atoms with Crippen LogP contribution in [0.2, 0.25) is 0 Å². The number of para-hydroxylation sites is 2. The molecule has 4 amide bonds. The Bertz CT molecular complexity index is 927. The molecule has 8 nitrogen and oxygen atoms in total. The first kappa shape index (κ1) is 20.7. The monoisotopic (exact) mass is 423 g/mol. The van der Waals surface area contributed by atoms with Gasteiger partial charge in [0.15, 0.2) is 6.61 Å². The van der Waals surface area contributed by atoms with Gasteiger partial charge < -0.3 is 19.7 Å². The number of imide groups is 1. The Hall–Kier alpha value is -3.55. The molecule has 1 spiro atoms. The van der Waals surface area contributed by atoms with Gasteiger partial charge in [-0.2, -0.15) is 0 Å². The Morgan fingerprint density at radius 2 is 1.48 bits per heavy atom. The van der Waals surface area contributed by atoms with Crippen molar-refractivity contribution in [1.82, 2.24) is 15.1 Å². The maximum absolute atomic E-state index is 13.0. The molecule has 0 bridgehead atoms. The third-order valence-electron chi connectivity index (χ3n) is 5.65. The summed E-state index contributed by atoms with van der Waals surface area (Å²) in [6.45, 7) is 1.12. The van der Waals surface area contributed by atoms with Gasteiger partial charge in [0.2, 0.25) is 0 Å². The molecule has 0 unspecified atom stereocenters. The normalized spacial score (nSPS) is 17.5. The van der Waals surface area contributed by atoms with Gasteiger partial charge in [-0.1, -0.05) is 36.4 Å². The summed E-state index contributed by atoms with van der Waals surface area (Å²) in [5.41, 5.74) is -0.944. The average molecular weight is 423 g/mol. The van der Waals surface area contributed by atoms with Crippen molar-refractivity contribution in [2.45, 2.75) is 18.4 Å². The lowest BCUT2D eigenvalue weighted by molar-refractivity contribution is -0.139. The fraction of sp³-hybridized carbons (Fsp3) is 0.348. The highest BCUT2D eigenvalue weighted by atomic mass is 16.5. The zero-order valence-electron chi connectivity index (χ0n) is 17.2. The van der Waals surface area contributed by atoms with Crippen LogP contribution >= 0.6 is 0 Å². The summed E-state index contributed by atoms with van der Waals surface area (Å²) in [5, 5.41) is 2.85. The van der Waals surface area contributed by atoms with Crippen LogP contribution in [0.5, 0.6) is 11.5 Å². The quantitative estimate of drug-likeness (QED) is 0.689. The lowest BCUT2D eigenvalue weighted by Gasteiger charge is -2.37. The number of rotatable bonds is 7. The second kappa shape index (κ2) is 9.07. The molecule has 0 saturated carbocycles. The number of urea groups is 1. The minimum absolute atomic E-state index is 0.0553. The van der Waals surface area contributed by atoms with Crippen molar-refractivity contribution in [3.63, 3.8) is 0 Å². The Kier molecular flexibility index (Phi) is 6.06. The lowest BCUT2D eigenvalue weighted by Crippen LogP contribution is -2.56. The highest BCUT2D eigenvalue weighted by Gasteiger charge is 2.52. The van der Waals surface area contributed by atoms with Crippen LogP contribution in [0.3, 0.4) is 0 Å². The van der Waals surface area contributed by atoms with E-state index in [1.54, 1.807) is 17.0 Å². The summed E-state index contributed by atoms with van der Waals surface area (Å²) in [5.74, 6) is 0.940. The van der Waals surface area contributed by atoms with Crippen LogP contribution in [0, 0.1) is 0 Å². The fourth-order valence-corrected chi connectivity index (χ4v) is 3.88. The zero-order chi connectivity index (χ0) is 21.7. The van der Waals surface area contributed by atoms with E-state index in [0.717, 1.165) is 0 Å². The molecule has 0 radical (unpaired) electrons. The van der Waals surface area contributed by atoms with E-state index in [0.29, 0.717) is 37.4 Å². The molecule has 1 N–H and O–H groups in total. The van der Waals surface area contributed by atoms with Crippen molar-refractivity contribution in [3.8, 4) is 11.5 Å². The summed E-state index contributed by atoms with van der Waals surface area (Å²) in [6.07, 6.45) is 0.759. The van der Waals surface area contributed by atoms with Crippen molar-refractivity contribution in [2.24, 2.45) is 0 Å². The minimum Gasteiger partial charge on any atom is -0.492 e. The van der Waals surface area contributed by atoms with Gasteiger partial charge in [-0.25, -0.2) is 4.79 Å². The van der Waals surface area contributed by atoms with Crippen molar-refractivity contribution in [2.75, 3.05) is 32.8 Å². The van der Waals surface area contributed by atoms with Crippen LogP contribution < -0.4 is 14.8 Å². The van der Waals surface area contributed by atoms with E-state index in [1.165, 1.54) is 4.90 Å². The first-order valence-corrected chi connectivity index (χ1v) is 10.3. The van der Waals surface area contributed by atoms with Crippen LogP contribution in [0.25, 0.3) is 0 Å². The van der Waals surface area contributed by atoms with Crippen molar-refractivity contribution in [1.29, 1.82) is 0 Å². The van der Waals surface area contributed by atoms with E-state index in [1.807, 2.05) is 48.5 Å². The van der Waals surface area contributed by atoms with Gasteiger partial charge in [0.25, 0.3) is 11.8 Å². The molecule has 0 atom stereocenters. The third-order valence-corrected chi connectivity index (χ3v) is 5.65. The molecule has 2 aliphatic heterocycles. The van der Waals surface area contributed by atoms with Crippen molar-refractivity contribution in [3.05, 3.63) is 60.7 Å². The maximum atomic E-state index is 13.0. The van der Waals surface area contributed by atoms with Crippen molar-refractivity contribution < 1.29 is 23.9 Å². The molecule has 4 rings (SSSR count). The van der Waals surface area contributed by atoms with Gasteiger partial charge >= 0.3 is 6.03 Å². The number of likely N-dealkylation sites (tertiary alicyclic amines) is 1. The molecule has 2 aliphatic rings. The van der Waals surface area contributed by atoms with Gasteiger partial charge in [-0.15, -0.1) is 0 Å². The number of carbonyl (C=O) groups is 3. The number of amides is 4. The molecule has 2 saturated heterocycles. The van der Waals surface area contributed by atoms with Crippen LogP contribution in [0.4, 0.5) is 4.79 Å². The minimum atomic E-state index is -0.944. The highest BCUT2D eigenvalue weighted by molar-refractivity contribution is 6.07. The average Bonchev–Trinajstić information content (AvgIpc) is 3.03. The number of hydrogen-bond donors (Lipinski definition) is 1. The number of nitrogens with zero attached hydrogens (tertiary/aromatic N) is 2. The molecule has 2 aromatic carbocycles. The molecular formula is C23H25N3O5. The van der Waals surface area contributed by atoms with Crippen LogP contribution in [0.15, 0.2) is 60.7 Å². The summed E-state index contributed by atoms with van der Waals surface area (Å²) in [7, 11) is 0. The Balaban J connectivity index is 1.27. The van der Waals surface area contributed by atoms with Gasteiger partial charge in [-0.05, 0) is 37.1 Å². The topological polar surface area (TPSA) is 88.2 Å². The largest absolute Gasteiger partial charge is 0.492 e. The predicted octanol–water partition coefficient (Wildman–Crippen LogP) is 2.06. The van der Waals surface area contributed by atoms with Gasteiger partial charge in [0.1, 0.15) is 23.6 Å². The number of hydrogen-bond acceptors (Lipinski definition) is 5. The van der Waals surface area contributed by atoms with Crippen molar-refractivity contribution >= 4 is 17.8 Å². The molecule has 0 aromatic heterocycles. The van der Waals surface area contributed by atoms with Gasteiger partial charge in [-0.3, -0.25) is 14.5 Å². The summed E-state index contributed by atoms with van der Waals surface area (Å²) in [4.78, 5) is 40.7. The van der Waals surface area contributed by atoms with Crippen LogP contribution in [-0.2, 0) is 9.59 Å². The second-order valence-corrected chi connectivity index (χ2v) is 7.61.